The Labute approximate surface area is 69.3 Å². The van der Waals surface area contributed by atoms with Crippen LogP contribution in [-0.2, 0) is 4.79 Å². The lowest BCUT2D eigenvalue weighted by molar-refractivity contribution is -0.124. The fourth-order valence-electron chi connectivity index (χ4n) is 0.864. The highest BCUT2D eigenvalue weighted by Crippen LogP contribution is 2.01. The third-order valence-electron chi connectivity index (χ3n) is 1.46. The van der Waals surface area contributed by atoms with Crippen molar-refractivity contribution >= 4 is 23.7 Å². The second kappa shape index (κ2) is 3.61. The Morgan fingerprint density at radius 1 is 1.64 bits per heavy atom. The van der Waals surface area contributed by atoms with E-state index in [9.17, 15) is 9.59 Å². The summed E-state index contributed by atoms with van der Waals surface area (Å²) in [5.74, 6) is 0.683. The maximum Gasteiger partial charge on any atom is 0.324 e. The highest BCUT2D eigenvalue weighted by Gasteiger charge is 2.27. The first-order valence-corrected chi connectivity index (χ1v) is 4.72. The molecule has 0 radical (unpaired) electrons. The number of nitrogens with zero attached hydrogens (tertiary/aromatic N) is 1. The Hall–Kier alpha value is -0.710. The van der Waals surface area contributed by atoms with Gasteiger partial charge in [-0.25, -0.2) is 4.79 Å². The van der Waals surface area contributed by atoms with Crippen molar-refractivity contribution in [1.82, 2.24) is 10.2 Å². The van der Waals surface area contributed by atoms with Crippen LogP contribution in [0.5, 0.6) is 0 Å². The zero-order chi connectivity index (χ0) is 8.27. The second-order valence-electron chi connectivity index (χ2n) is 2.20. The molecule has 0 saturated carbocycles. The largest absolute Gasteiger partial charge is 0.329 e. The van der Waals surface area contributed by atoms with E-state index in [4.69, 9.17) is 0 Å². The standard InChI is InChI=1S/C6H10N2O2S/c1-11-3-2-8-5(9)4-7-6(8)10/h2-4H2,1H3,(H,7,10). The Bertz CT molecular complexity index is 167. The molecule has 1 aliphatic heterocycles. The van der Waals surface area contributed by atoms with Gasteiger partial charge in [-0.15, -0.1) is 0 Å². The molecular weight excluding hydrogens is 164 g/mol. The van der Waals surface area contributed by atoms with Gasteiger partial charge in [-0.3, -0.25) is 9.69 Å². The molecule has 0 bridgehead atoms. The molecule has 1 aliphatic rings. The molecule has 5 heteroatoms. The zero-order valence-electron chi connectivity index (χ0n) is 6.29. The third-order valence-corrected chi connectivity index (χ3v) is 2.05. The van der Waals surface area contributed by atoms with Crippen LogP contribution in [0.1, 0.15) is 0 Å². The average Bonchev–Trinajstić information content (AvgIpc) is 2.29. The summed E-state index contributed by atoms with van der Waals surface area (Å²) in [6.45, 7) is 0.680. The average molecular weight is 174 g/mol. The number of amides is 3. The first kappa shape index (κ1) is 8.39. The smallest absolute Gasteiger partial charge is 0.324 e. The molecule has 1 rings (SSSR count). The molecule has 0 aliphatic carbocycles. The van der Waals surface area contributed by atoms with E-state index in [0.717, 1.165) is 5.75 Å². The summed E-state index contributed by atoms with van der Waals surface area (Å²) in [7, 11) is 0. The van der Waals surface area contributed by atoms with Gasteiger partial charge in [-0.2, -0.15) is 11.8 Å². The van der Waals surface area contributed by atoms with Crippen LogP contribution >= 0.6 is 11.8 Å². The number of carbonyl (C=O) groups excluding carboxylic acids is 2. The fraction of sp³-hybridized carbons (Fsp3) is 0.667. The van der Waals surface area contributed by atoms with Crippen molar-refractivity contribution in [3.05, 3.63) is 0 Å². The van der Waals surface area contributed by atoms with Crippen molar-refractivity contribution in [3.63, 3.8) is 0 Å². The van der Waals surface area contributed by atoms with Crippen molar-refractivity contribution in [1.29, 1.82) is 0 Å². The molecule has 0 aromatic heterocycles. The maximum atomic E-state index is 10.9. The summed E-state index contributed by atoms with van der Waals surface area (Å²) >= 11 is 1.62. The predicted octanol–water partition coefficient (Wildman–Crippen LogP) is -0.0988. The summed E-state index contributed by atoms with van der Waals surface area (Å²) in [6.07, 6.45) is 1.94. The number of hydrogen-bond donors (Lipinski definition) is 1. The molecule has 0 atom stereocenters. The Balaban J connectivity index is 2.41. The molecule has 0 unspecified atom stereocenters. The molecule has 0 aromatic carbocycles. The van der Waals surface area contributed by atoms with E-state index < -0.39 is 0 Å². The van der Waals surface area contributed by atoms with Gasteiger partial charge in [-0.05, 0) is 6.26 Å². The lowest BCUT2D eigenvalue weighted by Crippen LogP contribution is -2.32. The van der Waals surface area contributed by atoms with Gasteiger partial charge in [0.15, 0.2) is 0 Å². The number of carbonyl (C=O) groups is 2. The lowest BCUT2D eigenvalue weighted by atomic mass is 10.5. The van der Waals surface area contributed by atoms with Gasteiger partial charge in [-0.1, -0.05) is 0 Å². The van der Waals surface area contributed by atoms with Crippen molar-refractivity contribution in [2.75, 3.05) is 25.1 Å². The molecule has 11 heavy (non-hydrogen) atoms. The molecule has 62 valence electrons. The van der Waals surface area contributed by atoms with E-state index >= 15 is 0 Å². The minimum atomic E-state index is -0.260. The van der Waals surface area contributed by atoms with E-state index in [1.54, 1.807) is 11.8 Å². The Morgan fingerprint density at radius 2 is 2.36 bits per heavy atom. The third kappa shape index (κ3) is 1.86. The van der Waals surface area contributed by atoms with E-state index in [1.807, 2.05) is 6.26 Å². The highest BCUT2D eigenvalue weighted by atomic mass is 32.2. The molecule has 1 fully saturated rings. The van der Waals surface area contributed by atoms with Crippen molar-refractivity contribution < 1.29 is 9.59 Å². The van der Waals surface area contributed by atoms with E-state index in [-0.39, 0.29) is 18.5 Å². The van der Waals surface area contributed by atoms with Gasteiger partial charge < -0.3 is 5.32 Å². The predicted molar refractivity (Wildman–Crippen MR) is 43.5 cm³/mol. The number of imide groups is 1. The van der Waals surface area contributed by atoms with Crippen molar-refractivity contribution in [2.45, 2.75) is 0 Å². The fourth-order valence-corrected chi connectivity index (χ4v) is 1.23. The SMILES string of the molecule is CSCCN1C(=O)CNC1=O. The summed E-state index contributed by atoms with van der Waals surface area (Å²) in [6, 6.07) is -0.260. The Morgan fingerprint density at radius 3 is 2.82 bits per heavy atom. The summed E-state index contributed by atoms with van der Waals surface area (Å²) in [5.41, 5.74) is 0. The number of urea groups is 1. The van der Waals surface area contributed by atoms with Crippen LogP contribution in [0.3, 0.4) is 0 Å². The normalized spacial score (nSPS) is 17.4. The lowest BCUT2D eigenvalue weighted by Gasteiger charge is -2.09. The quantitative estimate of drug-likeness (QED) is 0.608. The topological polar surface area (TPSA) is 49.4 Å². The molecule has 1 N–H and O–H groups in total. The van der Waals surface area contributed by atoms with Crippen LogP contribution in [0.25, 0.3) is 0 Å². The summed E-state index contributed by atoms with van der Waals surface area (Å²) in [4.78, 5) is 23.0. The maximum absolute atomic E-state index is 10.9. The molecular formula is C6H10N2O2S. The van der Waals surface area contributed by atoms with Gasteiger partial charge in [0.2, 0.25) is 5.91 Å². The van der Waals surface area contributed by atoms with E-state index in [2.05, 4.69) is 5.32 Å². The summed E-state index contributed by atoms with van der Waals surface area (Å²) < 4.78 is 0. The molecule has 1 saturated heterocycles. The zero-order valence-corrected chi connectivity index (χ0v) is 7.11. The van der Waals surface area contributed by atoms with Crippen molar-refractivity contribution in [2.24, 2.45) is 0 Å². The van der Waals surface area contributed by atoms with Gasteiger partial charge in [0.05, 0.1) is 6.54 Å². The van der Waals surface area contributed by atoms with Crippen LogP contribution in [0.2, 0.25) is 0 Å². The van der Waals surface area contributed by atoms with Gasteiger partial charge >= 0.3 is 6.03 Å². The van der Waals surface area contributed by atoms with Crippen LogP contribution < -0.4 is 5.32 Å². The minimum absolute atomic E-state index is 0.121. The van der Waals surface area contributed by atoms with Gasteiger partial charge in [0.1, 0.15) is 0 Å². The highest BCUT2D eigenvalue weighted by molar-refractivity contribution is 7.98. The number of hydrogen-bond acceptors (Lipinski definition) is 3. The Kier molecular flexibility index (Phi) is 2.76. The van der Waals surface area contributed by atoms with Crippen LogP contribution in [0, 0.1) is 0 Å². The van der Waals surface area contributed by atoms with Gasteiger partial charge in [0, 0.05) is 12.3 Å². The van der Waals surface area contributed by atoms with Crippen molar-refractivity contribution in [3.8, 4) is 0 Å². The van der Waals surface area contributed by atoms with Gasteiger partial charge in [0.25, 0.3) is 0 Å². The van der Waals surface area contributed by atoms with Crippen LogP contribution in [0.15, 0.2) is 0 Å². The number of thioether (sulfide) groups is 1. The first-order chi connectivity index (χ1) is 5.25. The number of nitrogens with one attached hydrogen (secondary N) is 1. The summed E-state index contributed by atoms with van der Waals surface area (Å²) in [5, 5.41) is 2.46. The van der Waals surface area contributed by atoms with Crippen LogP contribution in [0.4, 0.5) is 4.79 Å². The van der Waals surface area contributed by atoms with E-state index in [0.29, 0.717) is 6.54 Å². The van der Waals surface area contributed by atoms with Crippen LogP contribution in [-0.4, -0.2) is 41.9 Å². The monoisotopic (exact) mass is 174 g/mol. The molecule has 0 spiro atoms. The molecule has 1 heterocycles. The molecule has 0 aromatic rings. The minimum Gasteiger partial charge on any atom is -0.329 e. The molecule has 3 amide bonds. The van der Waals surface area contributed by atoms with E-state index in [1.165, 1.54) is 4.90 Å². The first-order valence-electron chi connectivity index (χ1n) is 3.33. The number of rotatable bonds is 3. The molecule has 4 nitrogen and oxygen atoms in total. The second-order valence-corrected chi connectivity index (χ2v) is 3.18.